The SMILES string of the molecule is Cc1cc(Cl)nc2cc3c(cc12)OC(C)(C)[C@@](O)(C(C)(C)C)[C@H]3N(CCc1ccc(F)cc1)C(=O)O. The highest BCUT2D eigenvalue weighted by atomic mass is 35.5. The minimum Gasteiger partial charge on any atom is -0.484 e. The molecule has 0 saturated heterocycles. The molecule has 1 aromatic heterocycles. The van der Waals surface area contributed by atoms with Crippen molar-refractivity contribution in [2.45, 2.75) is 65.2 Å². The second-order valence-corrected chi connectivity index (χ2v) is 11.4. The van der Waals surface area contributed by atoms with Gasteiger partial charge in [-0.1, -0.05) is 44.5 Å². The summed E-state index contributed by atoms with van der Waals surface area (Å²) < 4.78 is 19.8. The Morgan fingerprint density at radius 1 is 1.19 bits per heavy atom. The Labute approximate surface area is 215 Å². The van der Waals surface area contributed by atoms with Crippen molar-refractivity contribution in [1.82, 2.24) is 9.88 Å². The molecule has 0 saturated carbocycles. The minimum absolute atomic E-state index is 0.0829. The molecule has 1 aliphatic heterocycles. The molecular formula is C28H32ClFN2O4. The fourth-order valence-electron chi connectivity index (χ4n) is 5.55. The average Bonchev–Trinajstić information content (AvgIpc) is 2.75. The largest absolute Gasteiger partial charge is 0.484 e. The zero-order chi connectivity index (χ0) is 26.6. The number of rotatable bonds is 4. The van der Waals surface area contributed by atoms with E-state index in [1.54, 1.807) is 38.1 Å². The Kier molecular flexibility index (Phi) is 6.46. The molecule has 0 fully saturated rings. The first-order chi connectivity index (χ1) is 16.7. The van der Waals surface area contributed by atoms with Gasteiger partial charge in [0.15, 0.2) is 0 Å². The third kappa shape index (κ3) is 4.28. The molecule has 4 rings (SSSR count). The molecule has 2 heterocycles. The van der Waals surface area contributed by atoms with Crippen molar-refractivity contribution >= 4 is 28.6 Å². The van der Waals surface area contributed by atoms with E-state index in [0.717, 1.165) is 16.5 Å². The summed E-state index contributed by atoms with van der Waals surface area (Å²) in [4.78, 5) is 18.5. The van der Waals surface area contributed by atoms with Crippen LogP contribution in [0.5, 0.6) is 5.75 Å². The first kappa shape index (κ1) is 26.2. The number of ether oxygens (including phenoxy) is 1. The highest BCUT2D eigenvalue weighted by Gasteiger charge is 2.64. The van der Waals surface area contributed by atoms with Gasteiger partial charge in [0.1, 0.15) is 27.9 Å². The number of hydrogen-bond acceptors (Lipinski definition) is 4. The zero-order valence-corrected chi connectivity index (χ0v) is 22.2. The van der Waals surface area contributed by atoms with E-state index < -0.39 is 28.8 Å². The molecule has 0 radical (unpaired) electrons. The van der Waals surface area contributed by atoms with Gasteiger partial charge in [0.25, 0.3) is 0 Å². The number of pyridine rings is 1. The summed E-state index contributed by atoms with van der Waals surface area (Å²) in [5.74, 6) is 0.135. The van der Waals surface area contributed by atoms with Crippen LogP contribution in [0.15, 0.2) is 42.5 Å². The maximum atomic E-state index is 13.4. The van der Waals surface area contributed by atoms with E-state index in [1.807, 2.05) is 33.8 Å². The van der Waals surface area contributed by atoms with Gasteiger partial charge in [-0.15, -0.1) is 0 Å². The number of fused-ring (bicyclic) bond motifs is 2. The smallest absolute Gasteiger partial charge is 0.407 e. The van der Waals surface area contributed by atoms with Gasteiger partial charge in [-0.3, -0.25) is 4.90 Å². The summed E-state index contributed by atoms with van der Waals surface area (Å²) in [6, 6.07) is 10.4. The second kappa shape index (κ2) is 8.89. The van der Waals surface area contributed by atoms with Gasteiger partial charge in [-0.05, 0) is 74.1 Å². The van der Waals surface area contributed by atoms with Crippen molar-refractivity contribution in [3.8, 4) is 5.75 Å². The molecule has 2 N–H and O–H groups in total. The minimum atomic E-state index is -1.63. The Morgan fingerprint density at radius 3 is 2.42 bits per heavy atom. The highest BCUT2D eigenvalue weighted by Crippen LogP contribution is 2.57. The normalized spacial score (nSPS) is 21.1. The number of carboxylic acid groups (broad SMARTS) is 1. The topological polar surface area (TPSA) is 82.9 Å². The van der Waals surface area contributed by atoms with Gasteiger partial charge in [0, 0.05) is 17.5 Å². The van der Waals surface area contributed by atoms with Gasteiger partial charge in [-0.25, -0.2) is 14.2 Å². The van der Waals surface area contributed by atoms with Crippen molar-refractivity contribution in [3.63, 3.8) is 0 Å². The number of carbonyl (C=O) groups is 1. The Bertz CT molecular complexity index is 1320. The molecule has 0 aliphatic carbocycles. The predicted molar refractivity (Wildman–Crippen MR) is 138 cm³/mol. The lowest BCUT2D eigenvalue weighted by atomic mass is 9.60. The van der Waals surface area contributed by atoms with Gasteiger partial charge < -0.3 is 14.9 Å². The average molecular weight is 515 g/mol. The highest BCUT2D eigenvalue weighted by molar-refractivity contribution is 6.29. The molecule has 0 unspecified atom stereocenters. The fraction of sp³-hybridized carbons (Fsp3) is 0.429. The van der Waals surface area contributed by atoms with Crippen molar-refractivity contribution in [1.29, 1.82) is 0 Å². The van der Waals surface area contributed by atoms with Crippen LogP contribution < -0.4 is 4.74 Å². The summed E-state index contributed by atoms with van der Waals surface area (Å²) in [6.07, 6.45) is -0.833. The maximum Gasteiger partial charge on any atom is 0.407 e. The van der Waals surface area contributed by atoms with Crippen LogP contribution in [0.2, 0.25) is 5.15 Å². The number of aryl methyl sites for hydroxylation is 1. The molecule has 2 aromatic carbocycles. The van der Waals surface area contributed by atoms with Crippen molar-refractivity contribution < 1.29 is 24.1 Å². The molecule has 1 amide bonds. The monoisotopic (exact) mass is 514 g/mol. The molecule has 6 nitrogen and oxygen atoms in total. The third-order valence-corrected chi connectivity index (χ3v) is 7.54. The van der Waals surface area contributed by atoms with Crippen LogP contribution in [0.3, 0.4) is 0 Å². The predicted octanol–water partition coefficient (Wildman–Crippen LogP) is 6.55. The van der Waals surface area contributed by atoms with Gasteiger partial charge in [0.05, 0.1) is 11.6 Å². The van der Waals surface area contributed by atoms with Gasteiger partial charge in [-0.2, -0.15) is 0 Å². The third-order valence-electron chi connectivity index (χ3n) is 7.34. The number of aliphatic hydroxyl groups is 1. The van der Waals surface area contributed by atoms with Gasteiger partial charge >= 0.3 is 6.09 Å². The van der Waals surface area contributed by atoms with E-state index in [0.29, 0.717) is 28.4 Å². The van der Waals surface area contributed by atoms with E-state index in [1.165, 1.54) is 17.0 Å². The van der Waals surface area contributed by atoms with E-state index in [4.69, 9.17) is 16.3 Å². The van der Waals surface area contributed by atoms with Crippen LogP contribution in [-0.4, -0.2) is 43.9 Å². The lowest BCUT2D eigenvalue weighted by molar-refractivity contribution is -0.222. The van der Waals surface area contributed by atoms with Crippen molar-refractivity contribution in [2.75, 3.05) is 6.54 Å². The Morgan fingerprint density at radius 2 is 1.83 bits per heavy atom. The number of aromatic nitrogens is 1. The number of amides is 1. The summed E-state index contributed by atoms with van der Waals surface area (Å²) >= 11 is 6.24. The van der Waals surface area contributed by atoms with Crippen molar-refractivity contribution in [3.05, 3.63) is 70.1 Å². The van der Waals surface area contributed by atoms with Crippen LogP contribution in [0, 0.1) is 18.2 Å². The summed E-state index contributed by atoms with van der Waals surface area (Å²) in [6.45, 7) is 11.2. The van der Waals surface area contributed by atoms with E-state index in [9.17, 15) is 19.4 Å². The lowest BCUT2D eigenvalue weighted by Gasteiger charge is -2.59. The molecule has 0 bridgehead atoms. The zero-order valence-electron chi connectivity index (χ0n) is 21.4. The van der Waals surface area contributed by atoms with Crippen molar-refractivity contribution in [2.24, 2.45) is 5.41 Å². The Balaban J connectivity index is 1.93. The van der Waals surface area contributed by atoms with Gasteiger partial charge in [0.2, 0.25) is 0 Å². The van der Waals surface area contributed by atoms with Crippen LogP contribution >= 0.6 is 11.6 Å². The summed E-state index contributed by atoms with van der Waals surface area (Å²) in [5, 5.41) is 24.0. The summed E-state index contributed by atoms with van der Waals surface area (Å²) in [7, 11) is 0. The van der Waals surface area contributed by atoms with E-state index >= 15 is 0 Å². The fourth-order valence-corrected chi connectivity index (χ4v) is 5.80. The molecule has 1 aliphatic rings. The molecule has 8 heteroatoms. The molecule has 3 aromatic rings. The first-order valence-electron chi connectivity index (χ1n) is 11.9. The van der Waals surface area contributed by atoms with E-state index in [-0.39, 0.29) is 12.4 Å². The Hall–Kier alpha value is -2.90. The number of nitrogens with zero attached hydrogens (tertiary/aromatic N) is 2. The van der Waals surface area contributed by atoms with E-state index in [2.05, 4.69) is 4.98 Å². The molecule has 192 valence electrons. The van der Waals surface area contributed by atoms with Crippen LogP contribution in [0.4, 0.5) is 9.18 Å². The summed E-state index contributed by atoms with van der Waals surface area (Å²) in [5.41, 5.74) is -0.745. The number of halogens is 2. The lowest BCUT2D eigenvalue weighted by Crippen LogP contribution is -2.69. The number of benzene rings is 2. The number of hydrogen-bond donors (Lipinski definition) is 2. The maximum absolute atomic E-state index is 13.4. The molecule has 36 heavy (non-hydrogen) atoms. The quantitative estimate of drug-likeness (QED) is 0.386. The molecule has 2 atom stereocenters. The first-order valence-corrected chi connectivity index (χ1v) is 12.3. The molecular weight excluding hydrogens is 483 g/mol. The second-order valence-electron chi connectivity index (χ2n) is 11.1. The van der Waals surface area contributed by atoms with Crippen LogP contribution in [-0.2, 0) is 6.42 Å². The van der Waals surface area contributed by atoms with Crippen LogP contribution in [0.25, 0.3) is 10.9 Å². The van der Waals surface area contributed by atoms with Crippen LogP contribution in [0.1, 0.15) is 57.4 Å². The standard InChI is InChI=1S/C28H32ClFN2O4/c1-16-13-23(29)31-21-14-20-22(15-19(16)21)36-27(5,6)28(35,26(2,3)4)24(20)32(25(33)34)12-11-17-7-9-18(30)10-8-17/h7-10,13-15,24,35H,11-12H2,1-6H3,(H,33,34)/t24-,28-/m0/s1. The molecule has 0 spiro atoms.